The molecule has 0 spiro atoms. The molecule has 1 aromatic carbocycles. The second-order valence-corrected chi connectivity index (χ2v) is 6.90. The van der Waals surface area contributed by atoms with Gasteiger partial charge in [-0.15, -0.1) is 0 Å². The molecule has 0 amide bonds. The summed E-state index contributed by atoms with van der Waals surface area (Å²) in [7, 11) is 0. The van der Waals surface area contributed by atoms with Gasteiger partial charge in [0.2, 0.25) is 0 Å². The van der Waals surface area contributed by atoms with Gasteiger partial charge in [-0.1, -0.05) is 28.1 Å². The molecule has 0 aliphatic heterocycles. The van der Waals surface area contributed by atoms with Crippen LogP contribution in [-0.2, 0) is 19.7 Å². The van der Waals surface area contributed by atoms with Crippen LogP contribution in [0.25, 0.3) is 0 Å². The summed E-state index contributed by atoms with van der Waals surface area (Å²) in [5.41, 5.74) is -0.479. The quantitative estimate of drug-likeness (QED) is 0.783. The van der Waals surface area contributed by atoms with Gasteiger partial charge in [-0.3, -0.25) is 9.59 Å². The molecule has 4 heteroatoms. The average Bonchev–Trinajstić information content (AvgIpc) is 2.23. The van der Waals surface area contributed by atoms with Gasteiger partial charge in [-0.05, 0) is 38.5 Å². The van der Waals surface area contributed by atoms with Crippen LogP contribution in [-0.4, -0.2) is 17.4 Å². The topological polar surface area (TPSA) is 43.4 Å². The van der Waals surface area contributed by atoms with Crippen LogP contribution in [0.2, 0.25) is 0 Å². The number of hydrogen-bond donors (Lipinski definition) is 0. The molecular weight excluding hydrogens is 308 g/mol. The summed E-state index contributed by atoms with van der Waals surface area (Å²) < 4.78 is 6.42. The van der Waals surface area contributed by atoms with E-state index in [0.717, 1.165) is 10.0 Å². The van der Waals surface area contributed by atoms with Crippen LogP contribution in [0.15, 0.2) is 28.7 Å². The summed E-state index contributed by atoms with van der Waals surface area (Å²) >= 11 is 3.37. The van der Waals surface area contributed by atoms with Crippen molar-refractivity contribution in [3.63, 3.8) is 0 Å². The van der Waals surface area contributed by atoms with Gasteiger partial charge in [0.25, 0.3) is 0 Å². The standard InChI is InChI=1S/C15H17BrO3/c1-14(2,3)19-13(18)15(8-12(17)9-15)10-4-6-11(16)7-5-10/h4-7H,8-9H2,1-3H3. The monoisotopic (exact) mass is 324 g/mol. The molecule has 1 aliphatic carbocycles. The number of ketones is 1. The van der Waals surface area contributed by atoms with Crippen molar-refractivity contribution in [3.05, 3.63) is 34.3 Å². The fourth-order valence-corrected chi connectivity index (χ4v) is 2.50. The number of carbonyl (C=O) groups is 2. The van der Waals surface area contributed by atoms with Crippen LogP contribution in [0.4, 0.5) is 0 Å². The van der Waals surface area contributed by atoms with Crippen molar-refractivity contribution in [2.24, 2.45) is 0 Å². The zero-order chi connectivity index (χ0) is 14.3. The summed E-state index contributed by atoms with van der Waals surface area (Å²) in [6, 6.07) is 7.51. The molecular formula is C15H17BrO3. The fourth-order valence-electron chi connectivity index (χ4n) is 2.23. The van der Waals surface area contributed by atoms with Crippen molar-refractivity contribution < 1.29 is 14.3 Å². The highest BCUT2D eigenvalue weighted by molar-refractivity contribution is 9.10. The van der Waals surface area contributed by atoms with Gasteiger partial charge in [0.15, 0.2) is 0 Å². The first-order valence-electron chi connectivity index (χ1n) is 6.24. The van der Waals surface area contributed by atoms with Gasteiger partial charge in [-0.2, -0.15) is 0 Å². The SMILES string of the molecule is CC(C)(C)OC(=O)C1(c2ccc(Br)cc2)CC(=O)C1. The van der Waals surface area contributed by atoms with Crippen molar-refractivity contribution in [2.75, 3.05) is 0 Å². The van der Waals surface area contributed by atoms with Gasteiger partial charge in [0.1, 0.15) is 16.8 Å². The Kier molecular flexibility index (Phi) is 3.56. The molecule has 0 N–H and O–H groups in total. The third-order valence-corrected chi connectivity index (χ3v) is 3.71. The Hall–Kier alpha value is -1.16. The lowest BCUT2D eigenvalue weighted by Crippen LogP contribution is -2.51. The minimum atomic E-state index is -0.787. The number of hydrogen-bond acceptors (Lipinski definition) is 3. The lowest BCUT2D eigenvalue weighted by Gasteiger charge is -2.40. The highest BCUT2D eigenvalue weighted by Gasteiger charge is 2.53. The number of benzene rings is 1. The van der Waals surface area contributed by atoms with Crippen LogP contribution >= 0.6 is 15.9 Å². The number of esters is 1. The zero-order valence-electron chi connectivity index (χ0n) is 11.3. The summed E-state index contributed by atoms with van der Waals surface area (Å²) in [6.07, 6.45) is 0.479. The van der Waals surface area contributed by atoms with E-state index in [1.54, 1.807) is 0 Å². The molecule has 102 valence electrons. The molecule has 1 aliphatic rings. The largest absolute Gasteiger partial charge is 0.459 e. The first kappa shape index (κ1) is 14.3. The Bertz CT molecular complexity index is 503. The Labute approximate surface area is 121 Å². The first-order chi connectivity index (χ1) is 8.73. The molecule has 1 aromatic rings. The number of rotatable bonds is 2. The first-order valence-corrected chi connectivity index (χ1v) is 7.03. The second-order valence-electron chi connectivity index (χ2n) is 5.98. The van der Waals surface area contributed by atoms with Crippen molar-refractivity contribution >= 4 is 27.7 Å². The van der Waals surface area contributed by atoms with Gasteiger partial charge in [0.05, 0.1) is 0 Å². The molecule has 1 saturated carbocycles. The molecule has 1 fully saturated rings. The van der Waals surface area contributed by atoms with Crippen LogP contribution in [0.3, 0.4) is 0 Å². The van der Waals surface area contributed by atoms with E-state index >= 15 is 0 Å². The normalized spacial score (nSPS) is 17.8. The van der Waals surface area contributed by atoms with Crippen molar-refractivity contribution in [1.29, 1.82) is 0 Å². The van der Waals surface area contributed by atoms with Crippen LogP contribution in [0, 0.1) is 0 Å². The molecule has 0 heterocycles. The molecule has 3 nitrogen and oxygen atoms in total. The summed E-state index contributed by atoms with van der Waals surface area (Å²) in [5.74, 6) is -0.198. The minimum absolute atomic E-state index is 0.105. The van der Waals surface area contributed by atoms with E-state index in [1.165, 1.54) is 0 Å². The number of Topliss-reactive ketones (excluding diaryl/α,β-unsaturated/α-hetero) is 1. The van der Waals surface area contributed by atoms with Crippen LogP contribution in [0.5, 0.6) is 0 Å². The number of carbonyl (C=O) groups excluding carboxylic acids is 2. The lowest BCUT2D eigenvalue weighted by atomic mass is 9.63. The second kappa shape index (κ2) is 4.75. The van der Waals surface area contributed by atoms with Crippen molar-refractivity contribution in [1.82, 2.24) is 0 Å². The maximum Gasteiger partial charge on any atom is 0.317 e. The summed E-state index contributed by atoms with van der Waals surface area (Å²) in [4.78, 5) is 23.8. The molecule has 2 rings (SSSR count). The van der Waals surface area contributed by atoms with Crippen molar-refractivity contribution in [2.45, 2.75) is 44.6 Å². The van der Waals surface area contributed by atoms with Gasteiger partial charge >= 0.3 is 5.97 Å². The fraction of sp³-hybridized carbons (Fsp3) is 0.467. The molecule has 19 heavy (non-hydrogen) atoms. The third kappa shape index (κ3) is 2.89. The van der Waals surface area contributed by atoms with E-state index in [1.807, 2.05) is 45.0 Å². The van der Waals surface area contributed by atoms with E-state index in [0.29, 0.717) is 0 Å². The third-order valence-electron chi connectivity index (χ3n) is 3.18. The smallest absolute Gasteiger partial charge is 0.317 e. The van der Waals surface area contributed by atoms with Crippen LogP contribution < -0.4 is 0 Å². The highest BCUT2D eigenvalue weighted by atomic mass is 79.9. The molecule has 0 saturated heterocycles. The summed E-state index contributed by atoms with van der Waals surface area (Å²) in [6.45, 7) is 5.50. The molecule has 0 atom stereocenters. The van der Waals surface area contributed by atoms with E-state index in [4.69, 9.17) is 4.74 Å². The van der Waals surface area contributed by atoms with E-state index in [-0.39, 0.29) is 24.6 Å². The summed E-state index contributed by atoms with van der Waals surface area (Å²) in [5, 5.41) is 0. The molecule has 0 bridgehead atoms. The Morgan fingerprint density at radius 1 is 1.21 bits per heavy atom. The maximum atomic E-state index is 12.4. The predicted molar refractivity (Wildman–Crippen MR) is 75.9 cm³/mol. The number of halogens is 1. The lowest BCUT2D eigenvalue weighted by molar-refractivity contribution is -0.169. The number of ether oxygens (including phenoxy) is 1. The minimum Gasteiger partial charge on any atom is -0.459 e. The van der Waals surface area contributed by atoms with Gasteiger partial charge in [-0.25, -0.2) is 0 Å². The Morgan fingerprint density at radius 3 is 2.16 bits per heavy atom. The van der Waals surface area contributed by atoms with Crippen molar-refractivity contribution in [3.8, 4) is 0 Å². The molecule has 0 radical (unpaired) electrons. The maximum absolute atomic E-state index is 12.4. The predicted octanol–water partition coefficient (Wildman–Crippen LogP) is 3.39. The van der Waals surface area contributed by atoms with E-state index in [2.05, 4.69) is 15.9 Å². The van der Waals surface area contributed by atoms with E-state index < -0.39 is 11.0 Å². The highest BCUT2D eigenvalue weighted by Crippen LogP contribution is 2.43. The van der Waals surface area contributed by atoms with Crippen LogP contribution in [0.1, 0.15) is 39.2 Å². The molecule has 0 aromatic heterocycles. The van der Waals surface area contributed by atoms with Gasteiger partial charge < -0.3 is 4.74 Å². The Balaban J connectivity index is 2.31. The molecule has 0 unspecified atom stereocenters. The van der Waals surface area contributed by atoms with Gasteiger partial charge in [0, 0.05) is 17.3 Å². The zero-order valence-corrected chi connectivity index (χ0v) is 12.9. The van der Waals surface area contributed by atoms with E-state index in [9.17, 15) is 9.59 Å². The average molecular weight is 325 g/mol. The Morgan fingerprint density at radius 2 is 1.74 bits per heavy atom.